The van der Waals surface area contributed by atoms with Gasteiger partial charge in [-0.25, -0.2) is 4.98 Å². The highest BCUT2D eigenvalue weighted by Gasteiger charge is 2.28. The minimum Gasteiger partial charge on any atom is -0.368 e. The van der Waals surface area contributed by atoms with E-state index >= 15 is 0 Å². The molecule has 1 aromatic carbocycles. The Kier molecular flexibility index (Phi) is 6.47. The van der Waals surface area contributed by atoms with Crippen LogP contribution in [-0.4, -0.2) is 47.1 Å². The molecule has 6 N–H and O–H groups in total. The number of piperidine rings is 1. The summed E-state index contributed by atoms with van der Waals surface area (Å²) in [6.45, 7) is -0.665. The number of nitrogens with zero attached hydrogens (tertiary/aromatic N) is 3. The van der Waals surface area contributed by atoms with E-state index in [1.165, 1.54) is 0 Å². The summed E-state index contributed by atoms with van der Waals surface area (Å²) in [7, 11) is 0. The Morgan fingerprint density at radius 1 is 1.16 bits per heavy atom. The van der Waals surface area contributed by atoms with Crippen molar-refractivity contribution in [3.05, 3.63) is 36.0 Å². The van der Waals surface area contributed by atoms with Gasteiger partial charge in [0, 0.05) is 24.1 Å². The van der Waals surface area contributed by atoms with E-state index in [1.807, 2.05) is 4.90 Å². The average molecular weight is 437 g/mol. The van der Waals surface area contributed by atoms with Crippen LogP contribution < -0.4 is 27.0 Å². The highest BCUT2D eigenvalue weighted by Crippen LogP contribution is 2.27. The maximum atomic E-state index is 12.5. The number of carbonyl (C=O) groups is 2. The molecule has 2 amide bonds. The van der Waals surface area contributed by atoms with Crippen LogP contribution >= 0.6 is 0 Å². The quantitative estimate of drug-likeness (QED) is 0.520. The first-order valence-electron chi connectivity index (χ1n) is 9.54. The smallest absolute Gasteiger partial charge is 0.368 e. The molecule has 1 aromatic heterocycles. The van der Waals surface area contributed by atoms with E-state index in [-0.39, 0.29) is 29.3 Å². The summed E-state index contributed by atoms with van der Waals surface area (Å²) in [4.78, 5) is 33.0. The van der Waals surface area contributed by atoms with Crippen LogP contribution in [0.2, 0.25) is 0 Å². The minimum absolute atomic E-state index is 0.0181. The van der Waals surface area contributed by atoms with Crippen molar-refractivity contribution < 1.29 is 22.8 Å². The third kappa shape index (κ3) is 5.74. The van der Waals surface area contributed by atoms with Crippen LogP contribution in [-0.2, 0) is 4.79 Å². The number of benzene rings is 1. The largest absolute Gasteiger partial charge is 0.405 e. The van der Waals surface area contributed by atoms with Gasteiger partial charge in [-0.15, -0.1) is 0 Å². The standard InChI is InChI=1S/C19H22F3N7O2/c20-19(21,22)10-26-17-13(15(23)30)9-25-18(28-17)27-11-4-6-12(7-5-11)29-8-2-1-3-14(29)16(24)31/h4-7,9,14H,1-3,8,10H2,(H2,23,30)(H2,24,31)(H2,25,26,27,28). The van der Waals surface area contributed by atoms with Crippen molar-refractivity contribution in [1.82, 2.24) is 9.97 Å². The summed E-state index contributed by atoms with van der Waals surface area (Å²) in [6.07, 6.45) is -0.857. The number of hydrogen-bond acceptors (Lipinski definition) is 7. The van der Waals surface area contributed by atoms with Gasteiger partial charge in [-0.3, -0.25) is 9.59 Å². The predicted molar refractivity (Wildman–Crippen MR) is 109 cm³/mol. The zero-order valence-electron chi connectivity index (χ0n) is 16.4. The summed E-state index contributed by atoms with van der Waals surface area (Å²) >= 11 is 0. The molecule has 2 aromatic rings. The second-order valence-corrected chi connectivity index (χ2v) is 7.07. The molecule has 1 atom stereocenters. The van der Waals surface area contributed by atoms with E-state index in [2.05, 4.69) is 20.6 Å². The molecule has 2 heterocycles. The van der Waals surface area contributed by atoms with Crippen molar-refractivity contribution in [3.8, 4) is 0 Å². The molecule has 3 rings (SSSR count). The van der Waals surface area contributed by atoms with E-state index in [4.69, 9.17) is 11.5 Å². The SMILES string of the molecule is NC(=O)c1cnc(Nc2ccc(N3CCCCC3C(N)=O)cc2)nc1NCC(F)(F)F. The number of alkyl halides is 3. The summed E-state index contributed by atoms with van der Waals surface area (Å²) in [5, 5.41) is 4.93. The Bertz CT molecular complexity index is 951. The van der Waals surface area contributed by atoms with Gasteiger partial charge in [-0.1, -0.05) is 0 Å². The van der Waals surface area contributed by atoms with Gasteiger partial charge in [0.1, 0.15) is 18.4 Å². The number of nitrogens with two attached hydrogens (primary N) is 2. The lowest BCUT2D eigenvalue weighted by atomic mass is 10.0. The van der Waals surface area contributed by atoms with Gasteiger partial charge in [0.05, 0.1) is 5.56 Å². The number of nitrogens with one attached hydrogen (secondary N) is 2. The molecule has 0 radical (unpaired) electrons. The third-order valence-corrected chi connectivity index (χ3v) is 4.80. The van der Waals surface area contributed by atoms with E-state index in [0.717, 1.165) is 24.7 Å². The van der Waals surface area contributed by atoms with Crippen LogP contribution in [0.25, 0.3) is 0 Å². The van der Waals surface area contributed by atoms with Crippen LogP contribution in [0.15, 0.2) is 30.5 Å². The Labute approximate surface area is 176 Å². The number of amides is 2. The van der Waals surface area contributed by atoms with Gasteiger partial charge < -0.3 is 27.0 Å². The van der Waals surface area contributed by atoms with Gasteiger partial charge in [-0.05, 0) is 43.5 Å². The first-order valence-corrected chi connectivity index (χ1v) is 9.54. The van der Waals surface area contributed by atoms with E-state index in [9.17, 15) is 22.8 Å². The summed E-state index contributed by atoms with van der Waals surface area (Å²) in [6, 6.07) is 6.67. The lowest BCUT2D eigenvalue weighted by Gasteiger charge is -2.35. The van der Waals surface area contributed by atoms with Crippen molar-refractivity contribution in [1.29, 1.82) is 0 Å². The van der Waals surface area contributed by atoms with Crippen LogP contribution in [0.5, 0.6) is 0 Å². The molecule has 1 aliphatic heterocycles. The highest BCUT2D eigenvalue weighted by molar-refractivity contribution is 5.97. The number of anilines is 4. The van der Waals surface area contributed by atoms with Crippen molar-refractivity contribution in [2.75, 3.05) is 28.6 Å². The lowest BCUT2D eigenvalue weighted by Crippen LogP contribution is -2.47. The number of carbonyl (C=O) groups excluding carboxylic acids is 2. The molecule has 1 fully saturated rings. The van der Waals surface area contributed by atoms with Gasteiger partial charge in [0.15, 0.2) is 0 Å². The number of primary amides is 2. The third-order valence-electron chi connectivity index (χ3n) is 4.80. The molecule has 166 valence electrons. The van der Waals surface area contributed by atoms with E-state index in [1.54, 1.807) is 24.3 Å². The van der Waals surface area contributed by atoms with Crippen molar-refractivity contribution >= 4 is 35.0 Å². The van der Waals surface area contributed by atoms with Gasteiger partial charge >= 0.3 is 6.18 Å². The molecule has 9 nitrogen and oxygen atoms in total. The van der Waals surface area contributed by atoms with Crippen molar-refractivity contribution in [2.45, 2.75) is 31.5 Å². The van der Waals surface area contributed by atoms with Crippen molar-refractivity contribution in [2.24, 2.45) is 11.5 Å². The zero-order valence-corrected chi connectivity index (χ0v) is 16.4. The maximum Gasteiger partial charge on any atom is 0.405 e. The molecular formula is C19H22F3N7O2. The molecule has 0 saturated carbocycles. The molecule has 0 spiro atoms. The van der Waals surface area contributed by atoms with E-state index < -0.39 is 18.6 Å². The van der Waals surface area contributed by atoms with Crippen LogP contribution in [0.3, 0.4) is 0 Å². The first-order chi connectivity index (χ1) is 14.6. The normalized spacial score (nSPS) is 16.6. The van der Waals surface area contributed by atoms with Crippen LogP contribution in [0, 0.1) is 0 Å². The Hall–Kier alpha value is -3.57. The summed E-state index contributed by atoms with van der Waals surface area (Å²) in [5.41, 5.74) is 11.8. The second-order valence-electron chi connectivity index (χ2n) is 7.07. The monoisotopic (exact) mass is 437 g/mol. The molecule has 12 heteroatoms. The first kappa shape index (κ1) is 22.1. The number of rotatable bonds is 7. The molecule has 0 aliphatic carbocycles. The summed E-state index contributed by atoms with van der Waals surface area (Å²) in [5.74, 6) is -1.66. The van der Waals surface area contributed by atoms with Gasteiger partial charge in [0.25, 0.3) is 5.91 Å². The van der Waals surface area contributed by atoms with E-state index in [0.29, 0.717) is 18.7 Å². The van der Waals surface area contributed by atoms with Crippen LogP contribution in [0.4, 0.5) is 36.3 Å². The fourth-order valence-electron chi connectivity index (χ4n) is 3.34. The topological polar surface area (TPSA) is 139 Å². The average Bonchev–Trinajstić information content (AvgIpc) is 2.72. The fraction of sp³-hybridized carbons (Fsp3) is 0.368. The van der Waals surface area contributed by atoms with Crippen molar-refractivity contribution in [3.63, 3.8) is 0 Å². The molecule has 1 saturated heterocycles. The minimum atomic E-state index is -4.50. The maximum absolute atomic E-state index is 12.5. The molecular weight excluding hydrogens is 415 g/mol. The molecule has 31 heavy (non-hydrogen) atoms. The Balaban J connectivity index is 1.76. The van der Waals surface area contributed by atoms with Gasteiger partial charge in [-0.2, -0.15) is 18.2 Å². The lowest BCUT2D eigenvalue weighted by molar-refractivity contribution is -0.119. The molecule has 1 unspecified atom stereocenters. The number of halogens is 3. The summed E-state index contributed by atoms with van der Waals surface area (Å²) < 4.78 is 37.6. The highest BCUT2D eigenvalue weighted by atomic mass is 19.4. The number of aromatic nitrogens is 2. The Morgan fingerprint density at radius 2 is 1.87 bits per heavy atom. The molecule has 0 bridgehead atoms. The molecule has 1 aliphatic rings. The fourth-order valence-corrected chi connectivity index (χ4v) is 3.34. The second kappa shape index (κ2) is 9.06. The number of hydrogen-bond donors (Lipinski definition) is 4. The zero-order chi connectivity index (χ0) is 22.6. The predicted octanol–water partition coefficient (Wildman–Crippen LogP) is 2.14. The van der Waals surface area contributed by atoms with Gasteiger partial charge in [0.2, 0.25) is 11.9 Å². The Morgan fingerprint density at radius 3 is 2.48 bits per heavy atom. The van der Waals surface area contributed by atoms with Crippen LogP contribution in [0.1, 0.15) is 29.6 Å².